The number of methoxy groups -OCH3 is 1. The van der Waals surface area contributed by atoms with Crippen molar-refractivity contribution in [3.8, 4) is 5.75 Å². The standard InChI is InChI=1S/C17H16O3/c1-13-12-19-20-17(13,14-6-4-3-5-7-14)15-8-10-16(18-2)11-9-15/h3-11H,1,12H2,2H3. The van der Waals surface area contributed by atoms with Crippen molar-refractivity contribution in [3.05, 3.63) is 77.9 Å². The van der Waals surface area contributed by atoms with Crippen LogP contribution in [0.4, 0.5) is 0 Å². The second-order valence-electron chi connectivity index (χ2n) is 4.72. The zero-order valence-corrected chi connectivity index (χ0v) is 11.3. The maximum Gasteiger partial charge on any atom is 0.177 e. The third-order valence-electron chi connectivity index (χ3n) is 3.59. The summed E-state index contributed by atoms with van der Waals surface area (Å²) < 4.78 is 5.20. The summed E-state index contributed by atoms with van der Waals surface area (Å²) >= 11 is 0. The van der Waals surface area contributed by atoms with Crippen LogP contribution in [0, 0.1) is 0 Å². The molecule has 2 aromatic rings. The van der Waals surface area contributed by atoms with Gasteiger partial charge in [0.2, 0.25) is 0 Å². The number of hydrogen-bond acceptors (Lipinski definition) is 3. The summed E-state index contributed by atoms with van der Waals surface area (Å²) in [5.41, 5.74) is 2.13. The number of rotatable bonds is 3. The van der Waals surface area contributed by atoms with Crippen LogP contribution in [0.3, 0.4) is 0 Å². The summed E-state index contributed by atoms with van der Waals surface area (Å²) in [5, 5.41) is 0. The van der Waals surface area contributed by atoms with Crippen molar-refractivity contribution in [1.82, 2.24) is 0 Å². The molecule has 0 radical (unpaired) electrons. The van der Waals surface area contributed by atoms with E-state index in [-0.39, 0.29) is 0 Å². The first kappa shape index (κ1) is 12.9. The van der Waals surface area contributed by atoms with Crippen molar-refractivity contribution in [2.45, 2.75) is 5.60 Å². The highest BCUT2D eigenvalue weighted by Gasteiger charge is 2.44. The Kier molecular flexibility index (Phi) is 3.30. The summed E-state index contributed by atoms with van der Waals surface area (Å²) in [4.78, 5) is 10.9. The van der Waals surface area contributed by atoms with Crippen LogP contribution >= 0.6 is 0 Å². The topological polar surface area (TPSA) is 27.7 Å². The molecule has 1 aliphatic heterocycles. The molecule has 3 nitrogen and oxygen atoms in total. The molecule has 0 aliphatic carbocycles. The molecule has 0 saturated carbocycles. The van der Waals surface area contributed by atoms with Gasteiger partial charge in [0.05, 0.1) is 7.11 Å². The molecule has 2 aromatic carbocycles. The normalized spacial score (nSPS) is 21.9. The van der Waals surface area contributed by atoms with Gasteiger partial charge in [-0.05, 0) is 28.8 Å². The Hall–Kier alpha value is -2.10. The molecule has 0 N–H and O–H groups in total. The summed E-state index contributed by atoms with van der Waals surface area (Å²) in [5.74, 6) is 0.807. The summed E-state index contributed by atoms with van der Waals surface area (Å²) in [6.45, 7) is 4.51. The quantitative estimate of drug-likeness (QED) is 0.630. The van der Waals surface area contributed by atoms with Crippen LogP contribution in [-0.2, 0) is 15.4 Å². The van der Waals surface area contributed by atoms with Gasteiger partial charge in [0.15, 0.2) is 5.60 Å². The predicted molar refractivity (Wildman–Crippen MR) is 76.4 cm³/mol. The second-order valence-corrected chi connectivity index (χ2v) is 4.72. The van der Waals surface area contributed by atoms with Crippen LogP contribution < -0.4 is 4.74 Å². The Morgan fingerprint density at radius 3 is 2.20 bits per heavy atom. The third kappa shape index (κ3) is 1.92. The smallest absolute Gasteiger partial charge is 0.177 e. The average molecular weight is 268 g/mol. The van der Waals surface area contributed by atoms with Crippen molar-refractivity contribution in [3.63, 3.8) is 0 Å². The van der Waals surface area contributed by atoms with E-state index in [2.05, 4.69) is 6.58 Å². The molecular weight excluding hydrogens is 252 g/mol. The van der Waals surface area contributed by atoms with E-state index in [4.69, 9.17) is 14.5 Å². The first-order valence-corrected chi connectivity index (χ1v) is 6.46. The van der Waals surface area contributed by atoms with Crippen LogP contribution in [0.2, 0.25) is 0 Å². The lowest BCUT2D eigenvalue weighted by molar-refractivity contribution is -0.301. The van der Waals surface area contributed by atoms with Gasteiger partial charge in [-0.2, -0.15) is 0 Å². The molecule has 0 aromatic heterocycles. The molecule has 1 heterocycles. The number of ether oxygens (including phenoxy) is 1. The van der Waals surface area contributed by atoms with E-state index in [0.29, 0.717) is 6.61 Å². The first-order chi connectivity index (χ1) is 9.77. The molecule has 1 saturated heterocycles. The second kappa shape index (κ2) is 5.12. The van der Waals surface area contributed by atoms with E-state index in [9.17, 15) is 0 Å². The molecule has 3 rings (SSSR count). The fourth-order valence-corrected chi connectivity index (χ4v) is 2.52. The van der Waals surface area contributed by atoms with Gasteiger partial charge < -0.3 is 4.74 Å². The van der Waals surface area contributed by atoms with Gasteiger partial charge in [-0.3, -0.25) is 0 Å². The molecule has 1 aliphatic rings. The lowest BCUT2D eigenvalue weighted by Gasteiger charge is -2.28. The molecule has 0 bridgehead atoms. The monoisotopic (exact) mass is 268 g/mol. The molecule has 20 heavy (non-hydrogen) atoms. The minimum Gasteiger partial charge on any atom is -0.497 e. The van der Waals surface area contributed by atoms with Gasteiger partial charge in [0.25, 0.3) is 0 Å². The molecular formula is C17H16O3. The van der Waals surface area contributed by atoms with E-state index >= 15 is 0 Å². The highest BCUT2D eigenvalue weighted by molar-refractivity contribution is 5.47. The fraction of sp³-hybridized carbons (Fsp3) is 0.176. The average Bonchev–Trinajstić information content (AvgIpc) is 2.91. The SMILES string of the molecule is C=C1COOC1(c1ccccc1)c1ccc(OC)cc1. The lowest BCUT2D eigenvalue weighted by Crippen LogP contribution is -2.28. The predicted octanol–water partition coefficient (Wildman–Crippen LogP) is 3.46. The summed E-state index contributed by atoms with van der Waals surface area (Å²) in [7, 11) is 1.65. The fourth-order valence-electron chi connectivity index (χ4n) is 2.52. The van der Waals surface area contributed by atoms with Crippen LogP contribution in [0.1, 0.15) is 11.1 Å². The largest absolute Gasteiger partial charge is 0.497 e. The molecule has 0 spiro atoms. The van der Waals surface area contributed by atoms with Crippen LogP contribution in [0.5, 0.6) is 5.75 Å². The minimum atomic E-state index is -0.743. The molecule has 1 unspecified atom stereocenters. The van der Waals surface area contributed by atoms with Gasteiger partial charge in [0, 0.05) is 0 Å². The molecule has 0 amide bonds. The molecule has 3 heteroatoms. The molecule has 102 valence electrons. The summed E-state index contributed by atoms with van der Waals surface area (Å²) in [6.07, 6.45) is 0. The number of hydrogen-bond donors (Lipinski definition) is 0. The van der Waals surface area contributed by atoms with Crippen molar-refractivity contribution in [1.29, 1.82) is 0 Å². The highest BCUT2D eigenvalue weighted by atomic mass is 17.2. The van der Waals surface area contributed by atoms with E-state index in [1.807, 2.05) is 54.6 Å². The van der Waals surface area contributed by atoms with Gasteiger partial charge in [0.1, 0.15) is 12.4 Å². The van der Waals surface area contributed by atoms with Crippen LogP contribution in [-0.4, -0.2) is 13.7 Å². The zero-order chi connectivity index (χ0) is 14.0. The van der Waals surface area contributed by atoms with E-state index in [1.54, 1.807) is 7.11 Å². The first-order valence-electron chi connectivity index (χ1n) is 6.46. The van der Waals surface area contributed by atoms with Crippen LogP contribution in [0.15, 0.2) is 66.7 Å². The van der Waals surface area contributed by atoms with Gasteiger partial charge in [-0.25, -0.2) is 9.78 Å². The third-order valence-corrected chi connectivity index (χ3v) is 3.59. The van der Waals surface area contributed by atoms with Crippen molar-refractivity contribution in [2.24, 2.45) is 0 Å². The van der Waals surface area contributed by atoms with Gasteiger partial charge >= 0.3 is 0 Å². The van der Waals surface area contributed by atoms with E-state index in [1.165, 1.54) is 0 Å². The Balaban J connectivity index is 2.13. The minimum absolute atomic E-state index is 0.390. The Bertz CT molecular complexity index is 604. The van der Waals surface area contributed by atoms with Crippen molar-refractivity contribution >= 4 is 0 Å². The van der Waals surface area contributed by atoms with Gasteiger partial charge in [-0.1, -0.05) is 49.0 Å². The lowest BCUT2D eigenvalue weighted by atomic mass is 9.81. The number of benzene rings is 2. The van der Waals surface area contributed by atoms with Gasteiger partial charge in [-0.15, -0.1) is 0 Å². The molecule has 1 atom stereocenters. The highest BCUT2D eigenvalue weighted by Crippen LogP contribution is 2.44. The Morgan fingerprint density at radius 2 is 1.65 bits per heavy atom. The zero-order valence-electron chi connectivity index (χ0n) is 11.3. The maximum atomic E-state index is 5.66. The Morgan fingerprint density at radius 1 is 1.00 bits per heavy atom. The van der Waals surface area contributed by atoms with Crippen molar-refractivity contribution < 1.29 is 14.5 Å². The van der Waals surface area contributed by atoms with E-state index < -0.39 is 5.60 Å². The summed E-state index contributed by atoms with van der Waals surface area (Å²) in [6, 6.07) is 17.8. The van der Waals surface area contributed by atoms with E-state index in [0.717, 1.165) is 22.4 Å². The Labute approximate surface area is 118 Å². The van der Waals surface area contributed by atoms with Crippen molar-refractivity contribution in [2.75, 3.05) is 13.7 Å². The molecule has 1 fully saturated rings. The maximum absolute atomic E-state index is 5.66. The van der Waals surface area contributed by atoms with Crippen LogP contribution in [0.25, 0.3) is 0 Å².